The van der Waals surface area contributed by atoms with Crippen molar-refractivity contribution in [2.24, 2.45) is 0 Å². The SMILES string of the molecule is COCOc1c(C#Cc2ccccc2)cc2ccccc2c1-c1c(OCOC)c(C#Cc2ccccc2)cc2ccccc12. The first-order valence-corrected chi connectivity index (χ1v) is 14.3. The van der Waals surface area contributed by atoms with E-state index in [0.717, 1.165) is 54.9 Å². The molecule has 0 N–H and O–H groups in total. The highest BCUT2D eigenvalue weighted by atomic mass is 16.7. The van der Waals surface area contributed by atoms with E-state index < -0.39 is 0 Å². The first-order valence-electron chi connectivity index (χ1n) is 14.3. The van der Waals surface area contributed by atoms with Gasteiger partial charge >= 0.3 is 0 Å². The van der Waals surface area contributed by atoms with Gasteiger partial charge in [0.05, 0.1) is 11.1 Å². The molecule has 0 fully saturated rings. The highest BCUT2D eigenvalue weighted by molar-refractivity contribution is 6.11. The van der Waals surface area contributed by atoms with Gasteiger partial charge in [-0.25, -0.2) is 0 Å². The van der Waals surface area contributed by atoms with Crippen LogP contribution < -0.4 is 9.47 Å². The van der Waals surface area contributed by atoms with Gasteiger partial charge in [-0.15, -0.1) is 0 Å². The lowest BCUT2D eigenvalue weighted by Crippen LogP contribution is -2.06. The van der Waals surface area contributed by atoms with Gasteiger partial charge in [0.1, 0.15) is 11.5 Å². The third kappa shape index (κ3) is 6.14. The molecule has 0 heterocycles. The topological polar surface area (TPSA) is 36.9 Å². The van der Waals surface area contributed by atoms with E-state index in [1.165, 1.54) is 0 Å². The summed E-state index contributed by atoms with van der Waals surface area (Å²) >= 11 is 0. The Morgan fingerprint density at radius 3 is 1.25 bits per heavy atom. The zero-order valence-corrected chi connectivity index (χ0v) is 24.6. The highest BCUT2D eigenvalue weighted by Gasteiger charge is 2.24. The Hall–Kier alpha value is -5.52. The van der Waals surface area contributed by atoms with E-state index in [2.05, 4.69) is 60.1 Å². The molecule has 4 heteroatoms. The van der Waals surface area contributed by atoms with Crippen LogP contribution in [0.25, 0.3) is 32.7 Å². The van der Waals surface area contributed by atoms with Crippen molar-refractivity contribution >= 4 is 21.5 Å². The van der Waals surface area contributed by atoms with Gasteiger partial charge in [-0.2, -0.15) is 0 Å². The Kier molecular flexibility index (Phi) is 8.86. The van der Waals surface area contributed by atoms with Gasteiger partial charge < -0.3 is 18.9 Å². The van der Waals surface area contributed by atoms with Gasteiger partial charge in [-0.3, -0.25) is 0 Å². The minimum atomic E-state index is 0.0467. The van der Waals surface area contributed by atoms with Crippen LogP contribution in [-0.2, 0) is 9.47 Å². The third-order valence-corrected chi connectivity index (χ3v) is 7.13. The molecular weight excluding hydrogens is 544 g/mol. The molecule has 6 rings (SSSR count). The molecule has 0 amide bonds. The van der Waals surface area contributed by atoms with Crippen LogP contribution in [0.1, 0.15) is 22.3 Å². The van der Waals surface area contributed by atoms with E-state index >= 15 is 0 Å². The summed E-state index contributed by atoms with van der Waals surface area (Å²) in [7, 11) is 3.22. The maximum atomic E-state index is 6.40. The summed E-state index contributed by atoms with van der Waals surface area (Å²) in [5, 5.41) is 4.02. The van der Waals surface area contributed by atoms with E-state index in [1.54, 1.807) is 14.2 Å². The zero-order valence-electron chi connectivity index (χ0n) is 24.6. The summed E-state index contributed by atoms with van der Waals surface area (Å²) in [6, 6.07) is 40.4. The Morgan fingerprint density at radius 2 is 0.841 bits per heavy atom. The van der Waals surface area contributed by atoms with Crippen LogP contribution in [0.2, 0.25) is 0 Å². The standard InChI is InChI=1S/C40H30O4/c1-41-27-43-39-33(23-21-29-13-5-3-6-14-29)25-31-17-9-11-19-35(31)37(39)38-36-20-12-10-18-32(36)26-34(40(38)44-28-42-2)24-22-30-15-7-4-8-16-30/h3-20,25-26H,27-28H2,1-2H3. The monoisotopic (exact) mass is 574 g/mol. The second-order valence-electron chi connectivity index (χ2n) is 10.0. The first-order chi connectivity index (χ1) is 21.8. The van der Waals surface area contributed by atoms with Crippen LogP contribution in [0.4, 0.5) is 0 Å². The molecule has 0 bridgehead atoms. The van der Waals surface area contributed by atoms with Crippen molar-refractivity contribution in [3.8, 4) is 46.3 Å². The van der Waals surface area contributed by atoms with E-state index in [4.69, 9.17) is 18.9 Å². The highest BCUT2D eigenvalue weighted by Crippen LogP contribution is 2.48. The van der Waals surface area contributed by atoms with E-state index in [1.807, 2.05) is 84.9 Å². The minimum absolute atomic E-state index is 0.0467. The molecule has 0 saturated carbocycles. The molecule has 0 aromatic heterocycles. The predicted octanol–water partition coefficient (Wildman–Crippen LogP) is 8.43. The van der Waals surface area contributed by atoms with Crippen molar-refractivity contribution in [3.05, 3.63) is 144 Å². The fourth-order valence-corrected chi connectivity index (χ4v) is 5.20. The number of hydrogen-bond donors (Lipinski definition) is 0. The summed E-state index contributed by atoms with van der Waals surface area (Å²) in [6.45, 7) is 0.0934. The summed E-state index contributed by atoms with van der Waals surface area (Å²) in [6.07, 6.45) is 0. The largest absolute Gasteiger partial charge is 0.466 e. The number of benzene rings is 6. The van der Waals surface area contributed by atoms with Gasteiger partial charge in [0.2, 0.25) is 0 Å². The molecule has 0 aliphatic rings. The summed E-state index contributed by atoms with van der Waals surface area (Å²) in [5.41, 5.74) is 5.00. The van der Waals surface area contributed by atoms with Crippen molar-refractivity contribution in [1.29, 1.82) is 0 Å². The number of methoxy groups -OCH3 is 2. The third-order valence-electron chi connectivity index (χ3n) is 7.13. The molecule has 6 aromatic carbocycles. The van der Waals surface area contributed by atoms with Crippen LogP contribution in [0.15, 0.2) is 121 Å². The number of hydrogen-bond acceptors (Lipinski definition) is 4. The normalized spacial score (nSPS) is 10.5. The lowest BCUT2D eigenvalue weighted by molar-refractivity contribution is 0.0500. The van der Waals surface area contributed by atoms with Gasteiger partial charge in [0, 0.05) is 36.5 Å². The van der Waals surface area contributed by atoms with E-state index in [-0.39, 0.29) is 13.6 Å². The minimum Gasteiger partial charge on any atom is -0.466 e. The van der Waals surface area contributed by atoms with Crippen molar-refractivity contribution in [2.75, 3.05) is 27.8 Å². The average molecular weight is 575 g/mol. The Labute approximate surface area is 257 Å². The quantitative estimate of drug-likeness (QED) is 0.142. The lowest BCUT2D eigenvalue weighted by Gasteiger charge is -2.21. The summed E-state index contributed by atoms with van der Waals surface area (Å²) < 4.78 is 23.6. The van der Waals surface area contributed by atoms with Gasteiger partial charge in [-0.05, 0) is 57.9 Å². The van der Waals surface area contributed by atoms with Crippen LogP contribution in [0.3, 0.4) is 0 Å². The molecule has 4 nitrogen and oxygen atoms in total. The van der Waals surface area contributed by atoms with Crippen molar-refractivity contribution in [1.82, 2.24) is 0 Å². The molecule has 0 unspecified atom stereocenters. The van der Waals surface area contributed by atoms with Crippen LogP contribution in [0.5, 0.6) is 11.5 Å². The van der Waals surface area contributed by atoms with E-state index in [9.17, 15) is 0 Å². The number of ether oxygens (including phenoxy) is 4. The smallest absolute Gasteiger partial charge is 0.188 e. The van der Waals surface area contributed by atoms with Gasteiger partial charge in [0.25, 0.3) is 0 Å². The molecule has 0 saturated heterocycles. The molecule has 6 aromatic rings. The average Bonchev–Trinajstić information content (AvgIpc) is 3.08. The molecule has 0 spiro atoms. The molecule has 44 heavy (non-hydrogen) atoms. The second kappa shape index (κ2) is 13.6. The van der Waals surface area contributed by atoms with Crippen molar-refractivity contribution in [2.45, 2.75) is 0 Å². The molecule has 0 radical (unpaired) electrons. The fraction of sp³-hybridized carbons (Fsp3) is 0.100. The Morgan fingerprint density at radius 1 is 0.455 bits per heavy atom. The molecule has 214 valence electrons. The maximum absolute atomic E-state index is 6.40. The summed E-state index contributed by atoms with van der Waals surface area (Å²) in [4.78, 5) is 0. The molecule has 0 aliphatic carbocycles. The fourth-order valence-electron chi connectivity index (χ4n) is 5.20. The summed E-state index contributed by atoms with van der Waals surface area (Å²) in [5.74, 6) is 14.6. The first kappa shape index (κ1) is 28.6. The van der Waals surface area contributed by atoms with Gasteiger partial charge in [0.15, 0.2) is 13.6 Å². The van der Waals surface area contributed by atoms with E-state index in [0.29, 0.717) is 11.5 Å². The number of fused-ring (bicyclic) bond motifs is 2. The predicted molar refractivity (Wildman–Crippen MR) is 177 cm³/mol. The molecule has 0 aliphatic heterocycles. The molecule has 0 atom stereocenters. The van der Waals surface area contributed by atoms with Gasteiger partial charge in [-0.1, -0.05) is 109 Å². The Bertz CT molecular complexity index is 1890. The zero-order chi connectivity index (χ0) is 30.1. The number of rotatable bonds is 7. The maximum Gasteiger partial charge on any atom is 0.188 e. The van der Waals surface area contributed by atoms with Crippen LogP contribution in [0, 0.1) is 23.7 Å². The lowest BCUT2D eigenvalue weighted by atomic mass is 9.88. The van der Waals surface area contributed by atoms with Crippen LogP contribution >= 0.6 is 0 Å². The van der Waals surface area contributed by atoms with Crippen molar-refractivity contribution < 1.29 is 18.9 Å². The van der Waals surface area contributed by atoms with Crippen LogP contribution in [-0.4, -0.2) is 27.8 Å². The Balaban J connectivity index is 1.72. The second-order valence-corrected chi connectivity index (χ2v) is 10.0. The molecular formula is C40H30O4. The van der Waals surface area contributed by atoms with Crippen molar-refractivity contribution in [3.63, 3.8) is 0 Å².